The lowest BCUT2D eigenvalue weighted by atomic mass is 9.97. The number of rotatable bonds is 7. The van der Waals surface area contributed by atoms with E-state index in [2.05, 4.69) is 6.92 Å². The van der Waals surface area contributed by atoms with E-state index < -0.39 is 0 Å². The van der Waals surface area contributed by atoms with Crippen molar-refractivity contribution in [1.29, 1.82) is 0 Å². The molecule has 2 nitrogen and oxygen atoms in total. The van der Waals surface area contributed by atoms with Gasteiger partial charge in [0.05, 0.1) is 6.61 Å². The minimum absolute atomic E-state index is 0.119. The van der Waals surface area contributed by atoms with Crippen molar-refractivity contribution >= 4 is 5.78 Å². The molecular weight excluding hydrogens is 152 g/mol. The summed E-state index contributed by atoms with van der Waals surface area (Å²) in [6, 6.07) is 0. The summed E-state index contributed by atoms with van der Waals surface area (Å²) in [6.07, 6.45) is 4.22. The third-order valence-electron chi connectivity index (χ3n) is 2.11. The molecule has 0 aliphatic rings. The van der Waals surface area contributed by atoms with Crippen LogP contribution < -0.4 is 0 Å². The Labute approximate surface area is 75.0 Å². The van der Waals surface area contributed by atoms with Gasteiger partial charge in [-0.3, -0.25) is 4.79 Å². The lowest BCUT2D eigenvalue weighted by molar-refractivity contribution is -0.122. The van der Waals surface area contributed by atoms with E-state index in [0.29, 0.717) is 12.8 Å². The molecule has 0 aromatic carbocycles. The van der Waals surface area contributed by atoms with E-state index in [9.17, 15) is 9.90 Å². The first-order chi connectivity index (χ1) is 5.72. The second-order valence-corrected chi connectivity index (χ2v) is 3.32. The van der Waals surface area contributed by atoms with Crippen LogP contribution in [0.2, 0.25) is 0 Å². The molecule has 0 saturated heterocycles. The Bertz CT molecular complexity index is 121. The van der Waals surface area contributed by atoms with E-state index >= 15 is 0 Å². The molecule has 1 radical (unpaired) electrons. The fourth-order valence-corrected chi connectivity index (χ4v) is 1.16. The smallest absolute Gasteiger partial charge is 0.135 e. The molecule has 2 heteroatoms. The highest BCUT2D eigenvalue weighted by Gasteiger charge is 2.10. The zero-order valence-corrected chi connectivity index (χ0v) is 8.14. The molecule has 0 saturated carbocycles. The van der Waals surface area contributed by atoms with Gasteiger partial charge in [0.2, 0.25) is 0 Å². The molecule has 0 aliphatic heterocycles. The molecule has 12 heavy (non-hydrogen) atoms. The SMILES string of the molecule is CCCCC(C)C(=O)CCC[O]. The summed E-state index contributed by atoms with van der Waals surface area (Å²) in [5.74, 6) is 0.427. The van der Waals surface area contributed by atoms with Crippen LogP contribution in [0.5, 0.6) is 0 Å². The maximum Gasteiger partial charge on any atom is 0.135 e. The van der Waals surface area contributed by atoms with Crippen LogP contribution >= 0.6 is 0 Å². The predicted molar refractivity (Wildman–Crippen MR) is 48.5 cm³/mol. The van der Waals surface area contributed by atoms with E-state index in [0.717, 1.165) is 19.3 Å². The van der Waals surface area contributed by atoms with Crippen LogP contribution in [-0.4, -0.2) is 12.4 Å². The molecule has 1 unspecified atom stereocenters. The summed E-state index contributed by atoms with van der Waals surface area (Å²) in [6.45, 7) is 3.96. The molecule has 0 spiro atoms. The zero-order valence-electron chi connectivity index (χ0n) is 8.14. The first-order valence-electron chi connectivity index (χ1n) is 4.83. The summed E-state index contributed by atoms with van der Waals surface area (Å²) < 4.78 is 0. The van der Waals surface area contributed by atoms with Gasteiger partial charge in [0, 0.05) is 12.3 Å². The molecule has 0 amide bonds. The Morgan fingerprint density at radius 3 is 2.50 bits per heavy atom. The molecule has 0 bridgehead atoms. The van der Waals surface area contributed by atoms with Crippen LogP contribution in [0.15, 0.2) is 0 Å². The van der Waals surface area contributed by atoms with E-state index in [4.69, 9.17) is 0 Å². The van der Waals surface area contributed by atoms with Gasteiger partial charge in [-0.05, 0) is 12.8 Å². The summed E-state index contributed by atoms with van der Waals surface area (Å²) in [7, 11) is 0. The van der Waals surface area contributed by atoms with Gasteiger partial charge in [-0.25, -0.2) is 5.11 Å². The van der Waals surface area contributed by atoms with Crippen LogP contribution in [0, 0.1) is 5.92 Å². The monoisotopic (exact) mass is 171 g/mol. The first kappa shape index (κ1) is 11.6. The summed E-state index contributed by atoms with van der Waals surface area (Å²) in [5, 5.41) is 10.1. The number of carbonyl (C=O) groups is 1. The Morgan fingerprint density at radius 1 is 1.33 bits per heavy atom. The van der Waals surface area contributed by atoms with Gasteiger partial charge in [-0.15, -0.1) is 0 Å². The third-order valence-corrected chi connectivity index (χ3v) is 2.11. The number of ketones is 1. The average molecular weight is 171 g/mol. The van der Waals surface area contributed by atoms with Gasteiger partial charge in [-0.2, -0.15) is 0 Å². The van der Waals surface area contributed by atoms with Crippen LogP contribution in [0.1, 0.15) is 46.0 Å². The molecule has 1 atom stereocenters. The van der Waals surface area contributed by atoms with Gasteiger partial charge < -0.3 is 0 Å². The number of hydrogen-bond donors (Lipinski definition) is 0. The second-order valence-electron chi connectivity index (χ2n) is 3.32. The molecule has 0 aromatic rings. The van der Waals surface area contributed by atoms with Crippen molar-refractivity contribution in [1.82, 2.24) is 0 Å². The van der Waals surface area contributed by atoms with Crippen molar-refractivity contribution in [2.24, 2.45) is 5.92 Å². The van der Waals surface area contributed by atoms with Crippen molar-refractivity contribution in [3.05, 3.63) is 0 Å². The maximum atomic E-state index is 11.3. The van der Waals surface area contributed by atoms with Crippen molar-refractivity contribution in [3.63, 3.8) is 0 Å². The fourth-order valence-electron chi connectivity index (χ4n) is 1.16. The highest BCUT2D eigenvalue weighted by molar-refractivity contribution is 5.80. The predicted octanol–water partition coefficient (Wildman–Crippen LogP) is 2.59. The Hall–Kier alpha value is -0.370. The molecule has 71 valence electrons. The van der Waals surface area contributed by atoms with Crippen LogP contribution in [0.3, 0.4) is 0 Å². The fraction of sp³-hybridized carbons (Fsp3) is 0.900. The van der Waals surface area contributed by atoms with E-state index in [1.54, 1.807) is 0 Å². The Morgan fingerprint density at radius 2 is 2.00 bits per heavy atom. The molecule has 0 heterocycles. The van der Waals surface area contributed by atoms with Crippen molar-refractivity contribution in [2.75, 3.05) is 6.61 Å². The molecule has 0 aliphatic carbocycles. The maximum absolute atomic E-state index is 11.3. The van der Waals surface area contributed by atoms with Crippen molar-refractivity contribution in [3.8, 4) is 0 Å². The van der Waals surface area contributed by atoms with E-state index in [1.807, 2.05) is 6.92 Å². The van der Waals surface area contributed by atoms with Crippen LogP contribution in [0.4, 0.5) is 0 Å². The minimum Gasteiger partial charge on any atom is -0.299 e. The Kier molecular flexibility index (Phi) is 7.06. The number of unbranched alkanes of at least 4 members (excludes halogenated alkanes) is 1. The van der Waals surface area contributed by atoms with Gasteiger partial charge in [0.25, 0.3) is 0 Å². The van der Waals surface area contributed by atoms with Gasteiger partial charge in [0.15, 0.2) is 0 Å². The molecular formula is C10H19O2. The summed E-state index contributed by atoms with van der Waals surface area (Å²) in [5.41, 5.74) is 0. The molecule has 0 N–H and O–H groups in total. The topological polar surface area (TPSA) is 37.0 Å². The summed E-state index contributed by atoms with van der Waals surface area (Å²) in [4.78, 5) is 11.3. The number of Topliss-reactive ketones (excluding diaryl/α,β-unsaturated/α-hetero) is 1. The van der Waals surface area contributed by atoms with E-state index in [-0.39, 0.29) is 18.3 Å². The highest BCUT2D eigenvalue weighted by atomic mass is 16.3. The Balaban J connectivity index is 3.47. The lowest BCUT2D eigenvalue weighted by Crippen LogP contribution is -2.10. The minimum atomic E-state index is -0.119. The molecule has 0 rings (SSSR count). The van der Waals surface area contributed by atoms with Crippen molar-refractivity contribution in [2.45, 2.75) is 46.0 Å². The quantitative estimate of drug-likeness (QED) is 0.580. The molecule has 0 fully saturated rings. The van der Waals surface area contributed by atoms with Gasteiger partial charge in [0.1, 0.15) is 5.78 Å². The van der Waals surface area contributed by atoms with Crippen LogP contribution in [-0.2, 0) is 9.90 Å². The van der Waals surface area contributed by atoms with Crippen LogP contribution in [0.25, 0.3) is 0 Å². The van der Waals surface area contributed by atoms with Gasteiger partial charge >= 0.3 is 0 Å². The lowest BCUT2D eigenvalue weighted by Gasteiger charge is -2.07. The number of carbonyl (C=O) groups excluding carboxylic acids is 1. The number of hydrogen-bond acceptors (Lipinski definition) is 1. The average Bonchev–Trinajstić information content (AvgIpc) is 2.10. The zero-order chi connectivity index (χ0) is 9.40. The second kappa shape index (κ2) is 7.29. The third kappa shape index (κ3) is 5.30. The van der Waals surface area contributed by atoms with Crippen molar-refractivity contribution < 1.29 is 9.90 Å². The molecule has 0 aromatic heterocycles. The normalized spacial score (nSPS) is 12.9. The highest BCUT2D eigenvalue weighted by Crippen LogP contribution is 2.11. The van der Waals surface area contributed by atoms with Gasteiger partial charge in [-0.1, -0.05) is 26.7 Å². The standard InChI is InChI=1S/C10H19O2/c1-3-4-6-9(2)10(12)7-5-8-11/h9H,3-8H2,1-2H3. The first-order valence-corrected chi connectivity index (χ1v) is 4.83. The van der Waals surface area contributed by atoms with E-state index in [1.165, 1.54) is 0 Å². The largest absolute Gasteiger partial charge is 0.299 e. The summed E-state index contributed by atoms with van der Waals surface area (Å²) >= 11 is 0.